The Bertz CT molecular complexity index is 1150. The molecule has 1 aliphatic rings. The first-order valence-electron chi connectivity index (χ1n) is 11.8. The van der Waals surface area contributed by atoms with Gasteiger partial charge in [-0.2, -0.15) is 0 Å². The van der Waals surface area contributed by atoms with Gasteiger partial charge in [0, 0.05) is 38.4 Å². The molecule has 1 fully saturated rings. The smallest absolute Gasteiger partial charge is 0.173 e. The van der Waals surface area contributed by atoms with E-state index in [1.165, 1.54) is 16.8 Å². The molecule has 34 heavy (non-hydrogen) atoms. The van der Waals surface area contributed by atoms with Gasteiger partial charge in [-0.05, 0) is 52.2 Å². The first-order valence-corrected chi connectivity index (χ1v) is 11.8. The molecular weight excluding hydrogens is 424 g/mol. The van der Waals surface area contributed by atoms with Gasteiger partial charge in [-0.1, -0.05) is 60.7 Å². The minimum Gasteiger partial charge on any atom is -0.497 e. The number of tetrazole rings is 1. The molecular formula is C27H30N6O. The minimum atomic E-state index is -0.0189. The highest BCUT2D eigenvalue weighted by atomic mass is 16.5. The van der Waals surface area contributed by atoms with E-state index in [1.54, 1.807) is 7.11 Å². The zero-order valence-corrected chi connectivity index (χ0v) is 19.5. The Morgan fingerprint density at radius 3 is 2.18 bits per heavy atom. The molecule has 5 rings (SSSR count). The van der Waals surface area contributed by atoms with Crippen LogP contribution in [0.25, 0.3) is 0 Å². The molecule has 0 amide bonds. The van der Waals surface area contributed by atoms with Gasteiger partial charge in [-0.3, -0.25) is 4.90 Å². The molecule has 0 radical (unpaired) electrons. The lowest BCUT2D eigenvalue weighted by molar-refractivity contribution is 0.200. The quantitative estimate of drug-likeness (QED) is 0.403. The van der Waals surface area contributed by atoms with Crippen molar-refractivity contribution in [1.82, 2.24) is 25.1 Å². The third-order valence-electron chi connectivity index (χ3n) is 6.49. The number of para-hydroxylation sites is 1. The van der Waals surface area contributed by atoms with Crippen molar-refractivity contribution in [3.8, 4) is 5.75 Å². The van der Waals surface area contributed by atoms with E-state index in [1.807, 2.05) is 22.9 Å². The second kappa shape index (κ2) is 10.5. The number of hydrogen-bond acceptors (Lipinski definition) is 6. The van der Waals surface area contributed by atoms with Gasteiger partial charge in [0.15, 0.2) is 5.82 Å². The summed E-state index contributed by atoms with van der Waals surface area (Å²) in [7, 11) is 1.69. The number of ether oxygens (including phenoxy) is 1. The van der Waals surface area contributed by atoms with Gasteiger partial charge in [-0.25, -0.2) is 4.68 Å². The van der Waals surface area contributed by atoms with Crippen molar-refractivity contribution in [1.29, 1.82) is 0 Å². The number of piperazine rings is 1. The summed E-state index contributed by atoms with van der Waals surface area (Å²) in [6, 6.07) is 29.4. The molecule has 1 aromatic heterocycles. The van der Waals surface area contributed by atoms with Crippen molar-refractivity contribution < 1.29 is 4.74 Å². The third kappa shape index (κ3) is 4.94. The van der Waals surface area contributed by atoms with Crippen molar-refractivity contribution >= 4 is 5.69 Å². The first kappa shape index (κ1) is 22.1. The van der Waals surface area contributed by atoms with Crippen LogP contribution in [-0.2, 0) is 13.0 Å². The topological polar surface area (TPSA) is 59.3 Å². The van der Waals surface area contributed by atoms with Crippen LogP contribution in [0, 0.1) is 0 Å². The Hall–Kier alpha value is -3.71. The van der Waals surface area contributed by atoms with Crippen LogP contribution in [0.4, 0.5) is 5.69 Å². The number of anilines is 1. The Balaban J connectivity index is 1.39. The molecule has 3 aromatic carbocycles. The number of rotatable bonds is 8. The summed E-state index contributed by atoms with van der Waals surface area (Å²) in [5.74, 6) is 1.73. The number of aromatic nitrogens is 4. The van der Waals surface area contributed by atoms with Crippen molar-refractivity contribution in [3.05, 3.63) is 102 Å². The lowest BCUT2D eigenvalue weighted by Crippen LogP contribution is -2.48. The second-order valence-electron chi connectivity index (χ2n) is 8.53. The number of benzene rings is 3. The van der Waals surface area contributed by atoms with E-state index in [9.17, 15) is 0 Å². The first-order chi connectivity index (χ1) is 16.8. The fraction of sp³-hybridized carbons (Fsp3) is 0.296. The second-order valence-corrected chi connectivity index (χ2v) is 8.53. The summed E-state index contributed by atoms with van der Waals surface area (Å²) in [4.78, 5) is 4.94. The predicted octanol–water partition coefficient (Wildman–Crippen LogP) is 3.84. The van der Waals surface area contributed by atoms with E-state index in [4.69, 9.17) is 4.74 Å². The maximum atomic E-state index is 5.39. The van der Waals surface area contributed by atoms with Gasteiger partial charge in [0.05, 0.1) is 13.2 Å². The van der Waals surface area contributed by atoms with Crippen LogP contribution in [-0.4, -0.2) is 58.4 Å². The minimum absolute atomic E-state index is 0.0189. The van der Waals surface area contributed by atoms with Gasteiger partial charge in [0.2, 0.25) is 0 Å². The number of methoxy groups -OCH3 is 1. The molecule has 0 bridgehead atoms. The molecule has 4 aromatic rings. The molecule has 7 nitrogen and oxygen atoms in total. The van der Waals surface area contributed by atoms with Gasteiger partial charge in [-0.15, -0.1) is 5.10 Å². The molecule has 0 saturated carbocycles. The summed E-state index contributed by atoms with van der Waals surface area (Å²) in [6.07, 6.45) is 0.885. The summed E-state index contributed by atoms with van der Waals surface area (Å²) in [5.41, 5.74) is 3.72. The highest BCUT2D eigenvalue weighted by molar-refractivity contribution is 5.46. The molecule has 0 aliphatic carbocycles. The molecule has 1 atom stereocenters. The van der Waals surface area contributed by atoms with Crippen LogP contribution in [0.1, 0.15) is 23.0 Å². The molecule has 2 heterocycles. The number of nitrogens with zero attached hydrogens (tertiary/aromatic N) is 6. The largest absolute Gasteiger partial charge is 0.497 e. The van der Waals surface area contributed by atoms with Gasteiger partial charge in [0.1, 0.15) is 5.75 Å². The fourth-order valence-corrected chi connectivity index (χ4v) is 4.63. The molecule has 1 unspecified atom stereocenters. The summed E-state index contributed by atoms with van der Waals surface area (Å²) < 4.78 is 7.36. The highest BCUT2D eigenvalue weighted by Crippen LogP contribution is 2.30. The van der Waals surface area contributed by atoms with E-state index in [2.05, 4.69) is 92.1 Å². The van der Waals surface area contributed by atoms with E-state index in [-0.39, 0.29) is 6.04 Å². The van der Waals surface area contributed by atoms with Crippen LogP contribution in [0.3, 0.4) is 0 Å². The van der Waals surface area contributed by atoms with E-state index in [0.29, 0.717) is 0 Å². The Labute approximate surface area is 200 Å². The fourth-order valence-electron chi connectivity index (χ4n) is 4.63. The average molecular weight is 455 g/mol. The summed E-state index contributed by atoms with van der Waals surface area (Å²) >= 11 is 0. The molecule has 7 heteroatoms. The zero-order chi connectivity index (χ0) is 23.2. The van der Waals surface area contributed by atoms with Crippen LogP contribution < -0.4 is 9.64 Å². The maximum Gasteiger partial charge on any atom is 0.173 e. The van der Waals surface area contributed by atoms with Crippen molar-refractivity contribution in [2.24, 2.45) is 0 Å². The average Bonchev–Trinajstić information content (AvgIpc) is 3.37. The lowest BCUT2D eigenvalue weighted by Gasteiger charge is -2.40. The van der Waals surface area contributed by atoms with E-state index in [0.717, 1.165) is 50.7 Å². The standard InChI is InChI=1S/C27H30N6O/c1-34-25-14-12-23(13-15-25)26(32-20-18-31(19-21-32)24-10-6-3-7-11-24)27-28-29-30-33(27)17-16-22-8-4-2-5-9-22/h2-15,26H,16-21H2,1H3. The van der Waals surface area contributed by atoms with Crippen molar-refractivity contribution in [2.45, 2.75) is 19.0 Å². The van der Waals surface area contributed by atoms with Crippen LogP contribution >= 0.6 is 0 Å². The number of hydrogen-bond donors (Lipinski definition) is 0. The lowest BCUT2D eigenvalue weighted by atomic mass is 10.0. The maximum absolute atomic E-state index is 5.39. The SMILES string of the molecule is COc1ccc(C(c2nnnn2CCc2ccccc2)N2CCN(c3ccccc3)CC2)cc1. The Kier molecular flexibility index (Phi) is 6.81. The monoisotopic (exact) mass is 454 g/mol. The Morgan fingerprint density at radius 1 is 0.824 bits per heavy atom. The highest BCUT2D eigenvalue weighted by Gasteiger charge is 2.30. The van der Waals surface area contributed by atoms with Gasteiger partial charge in [0.25, 0.3) is 0 Å². The normalized spacial score (nSPS) is 15.3. The number of aryl methyl sites for hydroxylation is 2. The molecule has 0 N–H and O–H groups in total. The molecule has 1 saturated heterocycles. The zero-order valence-electron chi connectivity index (χ0n) is 19.5. The summed E-state index contributed by atoms with van der Waals surface area (Å²) in [6.45, 7) is 4.52. The van der Waals surface area contributed by atoms with Gasteiger partial charge < -0.3 is 9.64 Å². The van der Waals surface area contributed by atoms with Crippen LogP contribution in [0.5, 0.6) is 5.75 Å². The van der Waals surface area contributed by atoms with E-state index < -0.39 is 0 Å². The molecule has 174 valence electrons. The van der Waals surface area contributed by atoms with Crippen molar-refractivity contribution in [2.75, 3.05) is 38.2 Å². The predicted molar refractivity (Wildman–Crippen MR) is 133 cm³/mol. The van der Waals surface area contributed by atoms with Crippen molar-refractivity contribution in [3.63, 3.8) is 0 Å². The van der Waals surface area contributed by atoms with Gasteiger partial charge >= 0.3 is 0 Å². The van der Waals surface area contributed by atoms with E-state index >= 15 is 0 Å². The Morgan fingerprint density at radius 2 is 1.50 bits per heavy atom. The summed E-state index contributed by atoms with van der Waals surface area (Å²) in [5, 5.41) is 13.0. The third-order valence-corrected chi connectivity index (χ3v) is 6.49. The van der Waals surface area contributed by atoms with Crippen LogP contribution in [0.2, 0.25) is 0 Å². The van der Waals surface area contributed by atoms with Crippen LogP contribution in [0.15, 0.2) is 84.9 Å². The molecule has 1 aliphatic heterocycles. The molecule has 0 spiro atoms.